The average Bonchev–Trinajstić information content (AvgIpc) is 2.59. The van der Waals surface area contributed by atoms with E-state index in [9.17, 15) is 4.79 Å². The van der Waals surface area contributed by atoms with Crippen molar-refractivity contribution >= 4 is 5.97 Å². The number of benzene rings is 2. The van der Waals surface area contributed by atoms with Crippen molar-refractivity contribution in [1.82, 2.24) is 5.32 Å². The number of aryl methyl sites for hydroxylation is 1. The third kappa shape index (κ3) is 6.55. The molecule has 0 heterocycles. The van der Waals surface area contributed by atoms with Crippen molar-refractivity contribution in [2.75, 3.05) is 0 Å². The van der Waals surface area contributed by atoms with E-state index in [1.54, 1.807) is 0 Å². The molecule has 3 nitrogen and oxygen atoms in total. The molecule has 0 aliphatic heterocycles. The van der Waals surface area contributed by atoms with Crippen LogP contribution in [0.3, 0.4) is 0 Å². The molecule has 0 radical (unpaired) electrons. The van der Waals surface area contributed by atoms with Crippen LogP contribution in [0.1, 0.15) is 42.9 Å². The van der Waals surface area contributed by atoms with Crippen molar-refractivity contribution < 1.29 is 9.90 Å². The Morgan fingerprint density at radius 3 is 2.46 bits per heavy atom. The van der Waals surface area contributed by atoms with E-state index in [-0.39, 0.29) is 12.5 Å². The van der Waals surface area contributed by atoms with Gasteiger partial charge in [-0.15, -0.1) is 0 Å². The summed E-state index contributed by atoms with van der Waals surface area (Å²) in [6, 6.07) is 19.0. The van der Waals surface area contributed by atoms with Crippen molar-refractivity contribution in [1.29, 1.82) is 0 Å². The van der Waals surface area contributed by atoms with Crippen LogP contribution in [-0.2, 0) is 24.2 Å². The maximum absolute atomic E-state index is 10.9. The summed E-state index contributed by atoms with van der Waals surface area (Å²) in [6.07, 6.45) is 3.93. The third-order valence-corrected chi connectivity index (χ3v) is 4.16. The molecule has 2 rings (SSSR count). The van der Waals surface area contributed by atoms with Crippen molar-refractivity contribution in [3.63, 3.8) is 0 Å². The van der Waals surface area contributed by atoms with Crippen molar-refractivity contribution in [2.45, 2.75) is 51.6 Å². The first-order valence-electron chi connectivity index (χ1n) is 8.74. The second-order valence-corrected chi connectivity index (χ2v) is 6.27. The molecule has 0 amide bonds. The van der Waals surface area contributed by atoms with Crippen molar-refractivity contribution in [3.8, 4) is 0 Å². The Kier molecular flexibility index (Phi) is 7.50. The number of aliphatic carboxylic acids is 1. The van der Waals surface area contributed by atoms with Crippen LogP contribution >= 0.6 is 0 Å². The summed E-state index contributed by atoms with van der Waals surface area (Å²) in [5, 5.41) is 12.5. The van der Waals surface area contributed by atoms with Gasteiger partial charge in [0.2, 0.25) is 0 Å². The van der Waals surface area contributed by atoms with Gasteiger partial charge in [-0.1, -0.05) is 67.9 Å². The van der Waals surface area contributed by atoms with Crippen LogP contribution in [0.5, 0.6) is 0 Å². The lowest BCUT2D eigenvalue weighted by atomic mass is 10.0. The van der Waals surface area contributed by atoms with Gasteiger partial charge in [0, 0.05) is 19.0 Å². The zero-order valence-corrected chi connectivity index (χ0v) is 14.4. The number of carboxylic acids is 1. The van der Waals surface area contributed by atoms with E-state index < -0.39 is 5.97 Å². The van der Waals surface area contributed by atoms with Gasteiger partial charge in [-0.05, 0) is 36.0 Å². The molecular formula is C21H27NO2. The van der Waals surface area contributed by atoms with Gasteiger partial charge in [-0.2, -0.15) is 0 Å². The maximum atomic E-state index is 10.9. The molecule has 2 aromatic rings. The molecule has 24 heavy (non-hydrogen) atoms. The highest BCUT2D eigenvalue weighted by atomic mass is 16.4. The van der Waals surface area contributed by atoms with Gasteiger partial charge < -0.3 is 10.4 Å². The monoisotopic (exact) mass is 325 g/mol. The highest BCUT2D eigenvalue weighted by Crippen LogP contribution is 2.11. The van der Waals surface area contributed by atoms with E-state index in [2.05, 4.69) is 48.6 Å². The van der Waals surface area contributed by atoms with Gasteiger partial charge in [0.05, 0.1) is 0 Å². The van der Waals surface area contributed by atoms with E-state index in [1.165, 1.54) is 16.7 Å². The molecule has 0 saturated heterocycles. The Morgan fingerprint density at radius 1 is 1.04 bits per heavy atom. The van der Waals surface area contributed by atoms with Gasteiger partial charge in [0.15, 0.2) is 0 Å². The number of hydrogen-bond donors (Lipinski definition) is 2. The third-order valence-electron chi connectivity index (χ3n) is 4.16. The number of carboxylic acid groups (broad SMARTS) is 1. The predicted molar refractivity (Wildman–Crippen MR) is 98.1 cm³/mol. The summed E-state index contributed by atoms with van der Waals surface area (Å²) in [6.45, 7) is 2.96. The molecule has 0 aliphatic carbocycles. The minimum Gasteiger partial charge on any atom is -0.481 e. The van der Waals surface area contributed by atoms with E-state index in [0.717, 1.165) is 25.8 Å². The highest BCUT2D eigenvalue weighted by molar-refractivity contribution is 5.66. The van der Waals surface area contributed by atoms with Crippen LogP contribution in [0.25, 0.3) is 0 Å². The average molecular weight is 325 g/mol. The lowest BCUT2D eigenvalue weighted by molar-refractivity contribution is -0.137. The summed E-state index contributed by atoms with van der Waals surface area (Å²) in [5.74, 6) is -0.736. The Bertz CT molecular complexity index is 625. The van der Waals surface area contributed by atoms with Gasteiger partial charge in [-0.25, -0.2) is 0 Å². The number of carbonyl (C=O) groups is 1. The second-order valence-electron chi connectivity index (χ2n) is 6.27. The van der Waals surface area contributed by atoms with Crippen LogP contribution < -0.4 is 5.32 Å². The zero-order valence-electron chi connectivity index (χ0n) is 14.4. The van der Waals surface area contributed by atoms with E-state index >= 15 is 0 Å². The van der Waals surface area contributed by atoms with E-state index in [0.29, 0.717) is 6.42 Å². The zero-order chi connectivity index (χ0) is 17.2. The molecule has 1 atom stereocenters. The second kappa shape index (κ2) is 9.89. The Balaban J connectivity index is 1.96. The van der Waals surface area contributed by atoms with Crippen LogP contribution in [0.2, 0.25) is 0 Å². The molecule has 2 aromatic carbocycles. The molecule has 3 heteroatoms. The molecule has 0 fully saturated rings. The fourth-order valence-corrected chi connectivity index (χ4v) is 2.92. The Hall–Kier alpha value is -2.13. The number of rotatable bonds is 10. The molecule has 128 valence electrons. The van der Waals surface area contributed by atoms with Crippen LogP contribution in [0.4, 0.5) is 0 Å². The largest absolute Gasteiger partial charge is 0.481 e. The molecule has 1 unspecified atom stereocenters. The summed E-state index contributed by atoms with van der Waals surface area (Å²) in [4.78, 5) is 10.9. The highest BCUT2D eigenvalue weighted by Gasteiger charge is 2.11. The molecular weight excluding hydrogens is 298 g/mol. The lowest BCUT2D eigenvalue weighted by Gasteiger charge is -2.18. The van der Waals surface area contributed by atoms with Crippen molar-refractivity contribution in [2.24, 2.45) is 0 Å². The van der Waals surface area contributed by atoms with Crippen LogP contribution in [0, 0.1) is 0 Å². The van der Waals surface area contributed by atoms with Crippen molar-refractivity contribution in [3.05, 3.63) is 71.3 Å². The molecule has 2 N–H and O–H groups in total. The summed E-state index contributed by atoms with van der Waals surface area (Å²) >= 11 is 0. The summed E-state index contributed by atoms with van der Waals surface area (Å²) in [5.41, 5.74) is 3.86. The smallest absolute Gasteiger partial charge is 0.303 e. The predicted octanol–water partition coefficient (Wildman–Crippen LogP) is 4.20. The minimum atomic E-state index is -0.736. The normalized spacial score (nSPS) is 12.0. The first-order chi connectivity index (χ1) is 11.7. The van der Waals surface area contributed by atoms with Gasteiger partial charge in [0.25, 0.3) is 0 Å². The minimum absolute atomic E-state index is 0.165. The Labute approximate surface area is 144 Å². The topological polar surface area (TPSA) is 49.3 Å². The first kappa shape index (κ1) is 18.2. The molecule has 0 saturated carbocycles. The standard InChI is InChI=1S/C21H27NO2/c1-2-7-17-10-6-11-19(14-17)16-22-20(12-13-21(23)24)15-18-8-4-3-5-9-18/h3-6,8-11,14,20,22H,2,7,12-13,15-16H2,1H3,(H,23,24). The molecule has 0 aromatic heterocycles. The quantitative estimate of drug-likeness (QED) is 0.688. The fraction of sp³-hybridized carbons (Fsp3) is 0.381. The number of nitrogens with one attached hydrogen (secondary N) is 1. The molecule has 0 spiro atoms. The summed E-state index contributed by atoms with van der Waals surface area (Å²) in [7, 11) is 0. The van der Waals surface area contributed by atoms with Crippen LogP contribution in [0.15, 0.2) is 54.6 Å². The van der Waals surface area contributed by atoms with E-state index in [1.807, 2.05) is 18.2 Å². The maximum Gasteiger partial charge on any atom is 0.303 e. The van der Waals surface area contributed by atoms with E-state index in [4.69, 9.17) is 5.11 Å². The fourth-order valence-electron chi connectivity index (χ4n) is 2.92. The summed E-state index contributed by atoms with van der Waals surface area (Å²) < 4.78 is 0. The van der Waals surface area contributed by atoms with Gasteiger partial charge >= 0.3 is 5.97 Å². The molecule has 0 aliphatic rings. The first-order valence-corrected chi connectivity index (χ1v) is 8.74. The van der Waals surface area contributed by atoms with Crippen LogP contribution in [-0.4, -0.2) is 17.1 Å². The molecule has 0 bridgehead atoms. The van der Waals surface area contributed by atoms with Gasteiger partial charge in [0.1, 0.15) is 0 Å². The SMILES string of the molecule is CCCc1cccc(CNC(CCC(=O)O)Cc2ccccc2)c1. The van der Waals surface area contributed by atoms with Gasteiger partial charge in [-0.3, -0.25) is 4.79 Å². The number of hydrogen-bond acceptors (Lipinski definition) is 2. The lowest BCUT2D eigenvalue weighted by Crippen LogP contribution is -2.31. The Morgan fingerprint density at radius 2 is 1.75 bits per heavy atom.